The topological polar surface area (TPSA) is 58.2 Å². The zero-order chi connectivity index (χ0) is 16.7. The Labute approximate surface area is 140 Å². The monoisotopic (exact) mass is 328 g/mol. The van der Waals surface area contributed by atoms with Crippen LogP contribution in [0.15, 0.2) is 54.6 Å². The van der Waals surface area contributed by atoms with Crippen molar-refractivity contribution in [3.63, 3.8) is 0 Å². The molecule has 2 aromatic rings. The number of halogens is 1. The number of anilines is 1. The van der Waals surface area contributed by atoms with Gasteiger partial charge in [0.1, 0.15) is 0 Å². The van der Waals surface area contributed by atoms with E-state index >= 15 is 0 Å². The Bertz CT molecular complexity index is 707. The van der Waals surface area contributed by atoms with E-state index in [2.05, 4.69) is 10.6 Å². The summed E-state index contributed by atoms with van der Waals surface area (Å²) in [5.41, 5.74) is 2.07. The number of hydrogen-bond donors (Lipinski definition) is 2. The van der Waals surface area contributed by atoms with Crippen LogP contribution in [0.4, 0.5) is 5.69 Å². The van der Waals surface area contributed by atoms with Gasteiger partial charge in [-0.05, 0) is 55.0 Å². The van der Waals surface area contributed by atoms with Crippen LogP contribution in [0, 0.1) is 0 Å². The first-order valence-electron chi connectivity index (χ1n) is 7.21. The number of rotatable bonds is 5. The molecule has 0 radical (unpaired) electrons. The van der Waals surface area contributed by atoms with Gasteiger partial charge in [-0.2, -0.15) is 0 Å². The van der Waals surface area contributed by atoms with Gasteiger partial charge in [-0.15, -0.1) is 0 Å². The highest BCUT2D eigenvalue weighted by Gasteiger charge is 2.04. The third-order valence-electron chi connectivity index (χ3n) is 3.05. The molecule has 4 nitrogen and oxygen atoms in total. The third-order valence-corrected chi connectivity index (χ3v) is 3.30. The van der Waals surface area contributed by atoms with Crippen molar-refractivity contribution in [2.75, 3.05) is 11.9 Å². The molecule has 0 aliphatic heterocycles. The van der Waals surface area contributed by atoms with E-state index < -0.39 is 0 Å². The van der Waals surface area contributed by atoms with Crippen molar-refractivity contribution >= 4 is 35.2 Å². The summed E-state index contributed by atoms with van der Waals surface area (Å²) in [5, 5.41) is 6.11. The summed E-state index contributed by atoms with van der Waals surface area (Å²) < 4.78 is 0. The summed E-state index contributed by atoms with van der Waals surface area (Å²) in [6.07, 6.45) is 3.15. The molecule has 2 aromatic carbocycles. The van der Waals surface area contributed by atoms with Crippen molar-refractivity contribution in [1.29, 1.82) is 0 Å². The molecule has 0 atom stereocenters. The molecule has 2 N–H and O–H groups in total. The maximum atomic E-state index is 11.9. The molecule has 0 unspecified atom stereocenters. The number of benzene rings is 2. The van der Waals surface area contributed by atoms with Crippen molar-refractivity contribution in [2.24, 2.45) is 0 Å². The molecule has 0 aromatic heterocycles. The quantitative estimate of drug-likeness (QED) is 0.821. The van der Waals surface area contributed by atoms with E-state index in [4.69, 9.17) is 11.6 Å². The predicted molar refractivity (Wildman–Crippen MR) is 93.6 cm³/mol. The van der Waals surface area contributed by atoms with E-state index in [9.17, 15) is 9.59 Å². The average molecular weight is 329 g/mol. The SMILES string of the molecule is CCNC(=O)c1ccc(NC(=O)/C=C/c2ccc(Cl)cc2)cc1. The van der Waals surface area contributed by atoms with E-state index in [1.807, 2.05) is 19.1 Å². The summed E-state index contributed by atoms with van der Waals surface area (Å²) in [5.74, 6) is -0.376. The van der Waals surface area contributed by atoms with Gasteiger partial charge in [-0.3, -0.25) is 9.59 Å². The Balaban J connectivity index is 1.94. The molecular formula is C18H17ClN2O2. The predicted octanol–water partition coefficient (Wildman–Crippen LogP) is 3.74. The molecule has 0 aliphatic rings. The zero-order valence-corrected chi connectivity index (χ0v) is 13.4. The van der Waals surface area contributed by atoms with Crippen LogP contribution >= 0.6 is 11.6 Å². The van der Waals surface area contributed by atoms with Crippen molar-refractivity contribution in [1.82, 2.24) is 5.32 Å². The first-order valence-corrected chi connectivity index (χ1v) is 7.59. The molecule has 23 heavy (non-hydrogen) atoms. The number of nitrogens with one attached hydrogen (secondary N) is 2. The van der Waals surface area contributed by atoms with Gasteiger partial charge in [0.05, 0.1) is 0 Å². The first kappa shape index (κ1) is 16.8. The Morgan fingerprint density at radius 1 is 1.04 bits per heavy atom. The van der Waals surface area contributed by atoms with Gasteiger partial charge in [0.2, 0.25) is 5.91 Å². The van der Waals surface area contributed by atoms with Crippen LogP contribution in [0.3, 0.4) is 0 Å². The molecule has 2 amide bonds. The molecule has 0 bridgehead atoms. The number of carbonyl (C=O) groups excluding carboxylic acids is 2. The molecule has 0 saturated carbocycles. The van der Waals surface area contributed by atoms with Gasteiger partial charge >= 0.3 is 0 Å². The number of carbonyl (C=O) groups is 2. The normalized spacial score (nSPS) is 10.5. The maximum Gasteiger partial charge on any atom is 0.251 e. The highest BCUT2D eigenvalue weighted by Crippen LogP contribution is 2.12. The highest BCUT2D eigenvalue weighted by molar-refractivity contribution is 6.30. The molecule has 2 rings (SSSR count). The Morgan fingerprint density at radius 3 is 2.30 bits per heavy atom. The molecular weight excluding hydrogens is 312 g/mol. The molecule has 5 heteroatoms. The maximum absolute atomic E-state index is 11.9. The van der Waals surface area contributed by atoms with Crippen LogP contribution in [-0.4, -0.2) is 18.4 Å². The van der Waals surface area contributed by atoms with Crippen LogP contribution < -0.4 is 10.6 Å². The van der Waals surface area contributed by atoms with Gasteiger partial charge in [-0.1, -0.05) is 23.7 Å². The molecule has 0 fully saturated rings. The van der Waals surface area contributed by atoms with Crippen molar-refractivity contribution < 1.29 is 9.59 Å². The highest BCUT2D eigenvalue weighted by atomic mass is 35.5. The Morgan fingerprint density at radius 2 is 1.70 bits per heavy atom. The van der Waals surface area contributed by atoms with Crippen LogP contribution in [0.2, 0.25) is 5.02 Å². The van der Waals surface area contributed by atoms with E-state index in [0.29, 0.717) is 22.8 Å². The summed E-state index contributed by atoms with van der Waals surface area (Å²) in [4.78, 5) is 23.5. The standard InChI is InChI=1S/C18H17ClN2O2/c1-2-20-18(23)14-6-10-16(11-7-14)21-17(22)12-5-13-3-8-15(19)9-4-13/h3-12H,2H2,1H3,(H,20,23)(H,21,22)/b12-5+. The fourth-order valence-electron chi connectivity index (χ4n) is 1.90. The van der Waals surface area contributed by atoms with E-state index in [1.54, 1.807) is 42.5 Å². The van der Waals surface area contributed by atoms with Crippen LogP contribution in [0.25, 0.3) is 6.08 Å². The minimum Gasteiger partial charge on any atom is -0.352 e. The fourth-order valence-corrected chi connectivity index (χ4v) is 2.02. The second-order valence-corrected chi connectivity index (χ2v) is 5.25. The van der Waals surface area contributed by atoms with Crippen LogP contribution in [0.1, 0.15) is 22.8 Å². The zero-order valence-electron chi connectivity index (χ0n) is 12.7. The van der Waals surface area contributed by atoms with Gasteiger partial charge in [0.15, 0.2) is 0 Å². The van der Waals surface area contributed by atoms with Crippen molar-refractivity contribution in [2.45, 2.75) is 6.92 Å². The minimum absolute atomic E-state index is 0.131. The lowest BCUT2D eigenvalue weighted by Gasteiger charge is -2.05. The lowest BCUT2D eigenvalue weighted by molar-refractivity contribution is -0.111. The average Bonchev–Trinajstić information content (AvgIpc) is 2.55. The van der Waals surface area contributed by atoms with Crippen molar-refractivity contribution in [3.8, 4) is 0 Å². The Hall–Kier alpha value is -2.59. The summed E-state index contributed by atoms with van der Waals surface area (Å²) in [6.45, 7) is 2.44. The second-order valence-electron chi connectivity index (χ2n) is 4.81. The lowest BCUT2D eigenvalue weighted by atomic mass is 10.2. The van der Waals surface area contributed by atoms with Crippen LogP contribution in [0.5, 0.6) is 0 Å². The van der Waals surface area contributed by atoms with Gasteiger partial charge in [-0.25, -0.2) is 0 Å². The molecule has 0 spiro atoms. The molecule has 118 valence electrons. The number of hydrogen-bond acceptors (Lipinski definition) is 2. The summed E-state index contributed by atoms with van der Waals surface area (Å²) >= 11 is 5.80. The van der Waals surface area contributed by atoms with E-state index in [0.717, 1.165) is 5.56 Å². The lowest BCUT2D eigenvalue weighted by Crippen LogP contribution is -2.22. The summed E-state index contributed by atoms with van der Waals surface area (Å²) in [7, 11) is 0. The molecule has 0 saturated heterocycles. The minimum atomic E-state index is -0.245. The number of amides is 2. The second kappa shape index (κ2) is 8.15. The first-order chi connectivity index (χ1) is 11.1. The van der Waals surface area contributed by atoms with E-state index in [-0.39, 0.29) is 11.8 Å². The Kier molecular flexibility index (Phi) is 5.94. The smallest absolute Gasteiger partial charge is 0.251 e. The largest absolute Gasteiger partial charge is 0.352 e. The summed E-state index contributed by atoms with van der Waals surface area (Å²) in [6, 6.07) is 13.9. The van der Waals surface area contributed by atoms with Gasteiger partial charge < -0.3 is 10.6 Å². The van der Waals surface area contributed by atoms with E-state index in [1.165, 1.54) is 6.08 Å². The third kappa shape index (κ3) is 5.27. The van der Waals surface area contributed by atoms with Crippen LogP contribution in [-0.2, 0) is 4.79 Å². The van der Waals surface area contributed by atoms with Gasteiger partial charge in [0.25, 0.3) is 5.91 Å². The fraction of sp³-hybridized carbons (Fsp3) is 0.111. The van der Waals surface area contributed by atoms with Crippen molar-refractivity contribution in [3.05, 3.63) is 70.8 Å². The van der Waals surface area contributed by atoms with Gasteiger partial charge in [0, 0.05) is 28.9 Å². The molecule has 0 heterocycles. The molecule has 0 aliphatic carbocycles.